The summed E-state index contributed by atoms with van der Waals surface area (Å²) in [6, 6.07) is 5.89. The molecule has 4 rings (SSSR count). The molecule has 1 N–H and O–H groups in total. The number of hydrogen-bond donors (Lipinski definition) is 1. The molecule has 0 spiro atoms. The number of nitrogens with one attached hydrogen (secondary N) is 1. The second-order valence-corrected chi connectivity index (χ2v) is 7.57. The van der Waals surface area contributed by atoms with E-state index in [9.17, 15) is 9.59 Å². The summed E-state index contributed by atoms with van der Waals surface area (Å²) in [5.74, 6) is 2.18. The number of carbonyl (C=O) groups is 2. The van der Waals surface area contributed by atoms with Gasteiger partial charge in [0, 0.05) is 38.3 Å². The largest absolute Gasteiger partial charge is 0.454 e. The molecule has 8 nitrogen and oxygen atoms in total. The van der Waals surface area contributed by atoms with Crippen molar-refractivity contribution in [2.45, 2.75) is 46.2 Å². The number of hydrogen-bond acceptors (Lipinski definition) is 5. The highest BCUT2D eigenvalue weighted by Crippen LogP contribution is 2.32. The van der Waals surface area contributed by atoms with E-state index in [1.807, 2.05) is 36.9 Å². The third-order valence-corrected chi connectivity index (χ3v) is 5.71. The molecule has 0 radical (unpaired) electrons. The maximum atomic E-state index is 12.8. The first-order valence-corrected chi connectivity index (χ1v) is 9.91. The van der Waals surface area contributed by atoms with Crippen molar-refractivity contribution in [2.24, 2.45) is 0 Å². The topological polar surface area (TPSA) is 85.7 Å². The van der Waals surface area contributed by atoms with Gasteiger partial charge in [-0.2, -0.15) is 0 Å². The zero-order valence-electron chi connectivity index (χ0n) is 17.0. The summed E-state index contributed by atoms with van der Waals surface area (Å²) >= 11 is 0. The van der Waals surface area contributed by atoms with Gasteiger partial charge in [-0.1, -0.05) is 6.07 Å². The molecule has 3 heterocycles. The van der Waals surface area contributed by atoms with E-state index in [1.165, 1.54) is 0 Å². The Kier molecular flexibility index (Phi) is 5.17. The molecule has 2 aromatic rings. The van der Waals surface area contributed by atoms with Crippen LogP contribution in [0.15, 0.2) is 18.2 Å². The van der Waals surface area contributed by atoms with Crippen LogP contribution in [0.1, 0.15) is 53.4 Å². The molecule has 1 aromatic heterocycles. The first kappa shape index (κ1) is 19.3. The van der Waals surface area contributed by atoms with Crippen LogP contribution in [0.5, 0.6) is 11.5 Å². The van der Waals surface area contributed by atoms with E-state index in [-0.39, 0.29) is 24.6 Å². The van der Waals surface area contributed by atoms with Crippen molar-refractivity contribution in [3.05, 3.63) is 41.0 Å². The first-order valence-electron chi connectivity index (χ1n) is 9.91. The molecule has 154 valence electrons. The zero-order chi connectivity index (χ0) is 20.5. The van der Waals surface area contributed by atoms with Crippen molar-refractivity contribution < 1.29 is 19.1 Å². The van der Waals surface area contributed by atoms with Crippen LogP contribution in [0.3, 0.4) is 0 Å². The molecule has 0 bridgehead atoms. The molecule has 0 aliphatic carbocycles. The molecule has 0 saturated carbocycles. The summed E-state index contributed by atoms with van der Waals surface area (Å²) in [7, 11) is 0. The van der Waals surface area contributed by atoms with Gasteiger partial charge in [-0.05, 0) is 44.4 Å². The minimum Gasteiger partial charge on any atom is -0.454 e. The molecule has 1 aromatic carbocycles. The highest BCUT2D eigenvalue weighted by molar-refractivity contribution is 5.93. The van der Waals surface area contributed by atoms with Crippen molar-refractivity contribution in [3.8, 4) is 11.5 Å². The fourth-order valence-electron chi connectivity index (χ4n) is 4.16. The van der Waals surface area contributed by atoms with Crippen molar-refractivity contribution in [1.82, 2.24) is 19.8 Å². The molecule has 1 saturated heterocycles. The fourth-order valence-corrected chi connectivity index (χ4v) is 4.16. The number of piperidine rings is 1. The van der Waals surface area contributed by atoms with Gasteiger partial charge >= 0.3 is 0 Å². The number of ether oxygens (including phenoxy) is 2. The number of amides is 2. The van der Waals surface area contributed by atoms with Gasteiger partial charge in [-0.25, -0.2) is 4.98 Å². The Morgan fingerprint density at radius 3 is 2.62 bits per heavy atom. The van der Waals surface area contributed by atoms with Crippen molar-refractivity contribution >= 4 is 11.8 Å². The summed E-state index contributed by atoms with van der Waals surface area (Å²) in [6.45, 7) is 7.57. The van der Waals surface area contributed by atoms with Gasteiger partial charge in [0.2, 0.25) is 12.7 Å². The second-order valence-electron chi connectivity index (χ2n) is 7.57. The SMILES string of the molecule is CC(=O)N1CCC(n2c(C)nc(C(=O)NCc3ccc4c(c3)OCO4)c2C)CC1. The lowest BCUT2D eigenvalue weighted by molar-refractivity contribution is -0.130. The quantitative estimate of drug-likeness (QED) is 0.854. The van der Waals surface area contributed by atoms with Crippen LogP contribution in [-0.2, 0) is 11.3 Å². The third kappa shape index (κ3) is 3.79. The van der Waals surface area contributed by atoms with Gasteiger partial charge in [-0.15, -0.1) is 0 Å². The van der Waals surface area contributed by atoms with Crippen LogP contribution in [0.2, 0.25) is 0 Å². The Balaban J connectivity index is 1.43. The Bertz CT molecular complexity index is 944. The zero-order valence-corrected chi connectivity index (χ0v) is 17.0. The Morgan fingerprint density at radius 1 is 1.17 bits per heavy atom. The number of likely N-dealkylation sites (tertiary alicyclic amines) is 1. The van der Waals surface area contributed by atoms with E-state index in [0.717, 1.165) is 48.8 Å². The highest BCUT2D eigenvalue weighted by Gasteiger charge is 2.27. The third-order valence-electron chi connectivity index (χ3n) is 5.71. The monoisotopic (exact) mass is 398 g/mol. The molecule has 2 aliphatic heterocycles. The number of carbonyl (C=O) groups excluding carboxylic acids is 2. The Hall–Kier alpha value is -3.03. The van der Waals surface area contributed by atoms with Gasteiger partial charge in [0.05, 0.1) is 0 Å². The lowest BCUT2D eigenvalue weighted by atomic mass is 10.0. The van der Waals surface area contributed by atoms with E-state index in [1.54, 1.807) is 6.92 Å². The molecular formula is C21H26N4O4. The molecule has 0 atom stereocenters. The lowest BCUT2D eigenvalue weighted by Crippen LogP contribution is -2.38. The smallest absolute Gasteiger partial charge is 0.272 e. The van der Waals surface area contributed by atoms with Crippen molar-refractivity contribution in [1.29, 1.82) is 0 Å². The predicted octanol–water partition coefficient (Wildman–Crippen LogP) is 2.34. The van der Waals surface area contributed by atoms with Gasteiger partial charge < -0.3 is 24.3 Å². The normalized spacial score (nSPS) is 16.2. The number of rotatable bonds is 4. The molecular weight excluding hydrogens is 372 g/mol. The lowest BCUT2D eigenvalue weighted by Gasteiger charge is -2.33. The van der Waals surface area contributed by atoms with E-state index in [2.05, 4.69) is 14.9 Å². The van der Waals surface area contributed by atoms with Gasteiger partial charge in [-0.3, -0.25) is 9.59 Å². The maximum Gasteiger partial charge on any atom is 0.272 e. The van der Waals surface area contributed by atoms with Crippen LogP contribution in [0, 0.1) is 13.8 Å². The van der Waals surface area contributed by atoms with Crippen molar-refractivity contribution in [3.63, 3.8) is 0 Å². The standard InChI is InChI=1S/C21H26N4O4/c1-13-20(21(27)22-11-16-4-5-18-19(10-16)29-12-28-18)23-14(2)25(13)17-6-8-24(9-7-17)15(3)26/h4-5,10,17H,6-9,11-12H2,1-3H3,(H,22,27). The fraction of sp³-hybridized carbons (Fsp3) is 0.476. The first-order chi connectivity index (χ1) is 13.9. The van der Waals surface area contributed by atoms with Gasteiger partial charge in [0.15, 0.2) is 11.5 Å². The number of benzene rings is 1. The number of fused-ring (bicyclic) bond motifs is 1. The van der Waals surface area contributed by atoms with Crippen LogP contribution in [0.25, 0.3) is 0 Å². The molecule has 8 heteroatoms. The van der Waals surface area contributed by atoms with Gasteiger partial charge in [0.25, 0.3) is 5.91 Å². The number of aryl methyl sites for hydroxylation is 1. The van der Waals surface area contributed by atoms with Crippen LogP contribution >= 0.6 is 0 Å². The molecule has 29 heavy (non-hydrogen) atoms. The van der Waals surface area contributed by atoms with Crippen LogP contribution < -0.4 is 14.8 Å². The van der Waals surface area contributed by atoms with Crippen molar-refractivity contribution in [2.75, 3.05) is 19.9 Å². The van der Waals surface area contributed by atoms with E-state index >= 15 is 0 Å². The van der Waals surface area contributed by atoms with E-state index in [4.69, 9.17) is 9.47 Å². The van der Waals surface area contributed by atoms with E-state index < -0.39 is 0 Å². The summed E-state index contributed by atoms with van der Waals surface area (Å²) in [5, 5.41) is 2.95. The highest BCUT2D eigenvalue weighted by atomic mass is 16.7. The average molecular weight is 398 g/mol. The minimum absolute atomic E-state index is 0.117. The average Bonchev–Trinajstić information content (AvgIpc) is 3.29. The second kappa shape index (κ2) is 7.77. The summed E-state index contributed by atoms with van der Waals surface area (Å²) < 4.78 is 12.8. The summed E-state index contributed by atoms with van der Waals surface area (Å²) in [4.78, 5) is 30.7. The maximum absolute atomic E-state index is 12.8. The number of aromatic nitrogens is 2. The molecule has 0 unspecified atom stereocenters. The summed E-state index contributed by atoms with van der Waals surface area (Å²) in [6.07, 6.45) is 1.74. The molecule has 2 aliphatic rings. The Labute approximate surface area is 169 Å². The predicted molar refractivity (Wildman–Crippen MR) is 106 cm³/mol. The number of nitrogens with zero attached hydrogens (tertiary/aromatic N) is 3. The number of imidazole rings is 1. The minimum atomic E-state index is -0.191. The van der Waals surface area contributed by atoms with E-state index in [0.29, 0.717) is 18.0 Å². The summed E-state index contributed by atoms with van der Waals surface area (Å²) in [5.41, 5.74) is 2.26. The molecule has 1 fully saturated rings. The van der Waals surface area contributed by atoms with Gasteiger partial charge in [0.1, 0.15) is 11.5 Å². The molecule has 2 amide bonds. The van der Waals surface area contributed by atoms with Crippen LogP contribution in [-0.4, -0.2) is 46.1 Å². The van der Waals surface area contributed by atoms with Crippen LogP contribution in [0.4, 0.5) is 0 Å². The Morgan fingerprint density at radius 2 is 1.90 bits per heavy atom.